The first-order chi connectivity index (χ1) is 13.5. The lowest BCUT2D eigenvalue weighted by atomic mass is 9.74. The summed E-state index contributed by atoms with van der Waals surface area (Å²) in [6, 6.07) is 11.9. The summed E-state index contributed by atoms with van der Waals surface area (Å²) in [5, 5.41) is 10.2. The smallest absolute Gasteiger partial charge is 0.304 e. The Labute approximate surface area is 178 Å². The number of hydrogen-bond donors (Lipinski definition) is 1. The molecule has 1 N–H and O–H groups in total. The Bertz CT molecular complexity index is 877. The first-order valence-corrected chi connectivity index (χ1v) is 10.9. The van der Waals surface area contributed by atoms with Crippen LogP contribution in [-0.4, -0.2) is 42.2 Å². The van der Waals surface area contributed by atoms with Crippen LogP contribution in [0.25, 0.3) is 0 Å². The van der Waals surface area contributed by atoms with E-state index < -0.39 is 5.97 Å². The van der Waals surface area contributed by atoms with Crippen molar-refractivity contribution < 1.29 is 14.6 Å². The number of likely N-dealkylation sites (tertiary alicyclic amines) is 1. The molecule has 148 valence electrons. The third-order valence-electron chi connectivity index (χ3n) is 5.62. The van der Waals surface area contributed by atoms with Gasteiger partial charge in [-0.25, -0.2) is 0 Å². The molecular formula is C21H21Cl2NO3S. The third kappa shape index (κ3) is 3.99. The van der Waals surface area contributed by atoms with Gasteiger partial charge in [0.15, 0.2) is 0 Å². The highest BCUT2D eigenvalue weighted by Crippen LogP contribution is 2.48. The fourth-order valence-electron chi connectivity index (χ4n) is 3.99. The SMILES string of the molecule is O=C(O)CCN1CCC2(CC1)COc1cc(Sc3c(Cl)cccc3Cl)ccc12. The van der Waals surface area contributed by atoms with Crippen LogP contribution >= 0.6 is 35.0 Å². The molecule has 0 amide bonds. The zero-order valence-electron chi connectivity index (χ0n) is 15.3. The number of piperidine rings is 1. The Morgan fingerprint density at radius 3 is 2.57 bits per heavy atom. The fraction of sp³-hybridized carbons (Fsp3) is 0.381. The number of hydrogen-bond acceptors (Lipinski definition) is 4. The van der Waals surface area contributed by atoms with Crippen molar-refractivity contribution in [3.05, 3.63) is 52.0 Å². The second-order valence-electron chi connectivity index (χ2n) is 7.37. The number of carbonyl (C=O) groups is 1. The number of halogens is 2. The van der Waals surface area contributed by atoms with E-state index in [1.165, 1.54) is 5.56 Å². The zero-order chi connectivity index (χ0) is 19.7. The van der Waals surface area contributed by atoms with Gasteiger partial charge in [-0.1, -0.05) is 47.1 Å². The van der Waals surface area contributed by atoms with E-state index in [0.717, 1.165) is 41.5 Å². The van der Waals surface area contributed by atoms with Crippen LogP contribution in [0.15, 0.2) is 46.2 Å². The largest absolute Gasteiger partial charge is 0.492 e. The highest BCUT2D eigenvalue weighted by molar-refractivity contribution is 7.99. The number of carboxylic acids is 1. The van der Waals surface area contributed by atoms with Gasteiger partial charge in [0.25, 0.3) is 0 Å². The van der Waals surface area contributed by atoms with Crippen LogP contribution < -0.4 is 4.74 Å². The second kappa shape index (κ2) is 8.15. The van der Waals surface area contributed by atoms with Gasteiger partial charge in [0, 0.05) is 27.3 Å². The summed E-state index contributed by atoms with van der Waals surface area (Å²) in [4.78, 5) is 14.9. The van der Waals surface area contributed by atoms with Gasteiger partial charge in [0.1, 0.15) is 5.75 Å². The van der Waals surface area contributed by atoms with E-state index in [4.69, 9.17) is 33.0 Å². The van der Waals surface area contributed by atoms with E-state index in [2.05, 4.69) is 23.1 Å². The number of fused-ring (bicyclic) bond motifs is 2. The summed E-state index contributed by atoms with van der Waals surface area (Å²) in [6.45, 7) is 3.12. The number of ether oxygens (including phenoxy) is 1. The van der Waals surface area contributed by atoms with Crippen molar-refractivity contribution in [1.29, 1.82) is 0 Å². The van der Waals surface area contributed by atoms with E-state index >= 15 is 0 Å². The van der Waals surface area contributed by atoms with Crippen LogP contribution in [0, 0.1) is 0 Å². The van der Waals surface area contributed by atoms with Crippen molar-refractivity contribution in [2.24, 2.45) is 0 Å². The maximum absolute atomic E-state index is 10.8. The number of aliphatic carboxylic acids is 1. The Morgan fingerprint density at radius 2 is 1.89 bits per heavy atom. The molecule has 1 saturated heterocycles. The Morgan fingerprint density at radius 1 is 1.18 bits per heavy atom. The summed E-state index contributed by atoms with van der Waals surface area (Å²) >= 11 is 14.1. The van der Waals surface area contributed by atoms with E-state index in [1.807, 2.05) is 18.2 Å². The molecule has 28 heavy (non-hydrogen) atoms. The number of benzene rings is 2. The normalized spacial score (nSPS) is 18.1. The first kappa shape index (κ1) is 19.9. The molecule has 4 rings (SSSR count). The molecule has 0 saturated carbocycles. The number of rotatable bonds is 5. The molecule has 1 fully saturated rings. The molecule has 1 spiro atoms. The third-order valence-corrected chi connectivity index (χ3v) is 7.61. The van der Waals surface area contributed by atoms with Gasteiger partial charge in [-0.2, -0.15) is 0 Å². The topological polar surface area (TPSA) is 49.8 Å². The van der Waals surface area contributed by atoms with Crippen LogP contribution in [0.5, 0.6) is 5.75 Å². The van der Waals surface area contributed by atoms with Crippen LogP contribution in [0.3, 0.4) is 0 Å². The molecule has 0 aliphatic carbocycles. The summed E-state index contributed by atoms with van der Waals surface area (Å²) in [5.74, 6) is 0.200. The van der Waals surface area contributed by atoms with Crippen molar-refractivity contribution >= 4 is 40.9 Å². The molecule has 0 bridgehead atoms. The van der Waals surface area contributed by atoms with E-state index in [1.54, 1.807) is 11.8 Å². The van der Waals surface area contributed by atoms with Crippen molar-refractivity contribution in [2.45, 2.75) is 34.5 Å². The maximum atomic E-state index is 10.8. The van der Waals surface area contributed by atoms with Gasteiger partial charge in [-0.3, -0.25) is 4.79 Å². The quantitative estimate of drug-likeness (QED) is 0.683. The standard InChI is InChI=1S/C21H21Cl2NO3S/c22-16-2-1-3-17(23)20(16)28-14-4-5-15-18(12-14)27-13-21(15)7-10-24(11-8-21)9-6-19(25)26/h1-5,12H,6-11,13H2,(H,25,26). The van der Waals surface area contributed by atoms with Crippen molar-refractivity contribution in [3.63, 3.8) is 0 Å². The lowest BCUT2D eigenvalue weighted by Gasteiger charge is -2.38. The van der Waals surface area contributed by atoms with Crippen LogP contribution in [0.2, 0.25) is 10.0 Å². The average Bonchev–Trinajstić information content (AvgIpc) is 3.02. The molecule has 2 heterocycles. The maximum Gasteiger partial charge on any atom is 0.304 e. The predicted octanol–water partition coefficient (Wildman–Crippen LogP) is 5.35. The van der Waals surface area contributed by atoms with Crippen LogP contribution in [-0.2, 0) is 10.2 Å². The van der Waals surface area contributed by atoms with Gasteiger partial charge >= 0.3 is 5.97 Å². The molecule has 0 unspecified atom stereocenters. The molecule has 2 aromatic rings. The molecule has 0 aromatic heterocycles. The Hall–Kier alpha value is -1.40. The zero-order valence-corrected chi connectivity index (χ0v) is 17.6. The number of nitrogens with zero attached hydrogens (tertiary/aromatic N) is 1. The molecule has 2 aromatic carbocycles. The van der Waals surface area contributed by atoms with Gasteiger partial charge in [-0.15, -0.1) is 0 Å². The number of carboxylic acid groups (broad SMARTS) is 1. The first-order valence-electron chi connectivity index (χ1n) is 9.30. The fourth-order valence-corrected chi connectivity index (χ4v) is 5.49. The monoisotopic (exact) mass is 437 g/mol. The predicted molar refractivity (Wildman–Crippen MR) is 112 cm³/mol. The molecule has 7 heteroatoms. The van der Waals surface area contributed by atoms with Gasteiger partial charge in [0.2, 0.25) is 0 Å². The second-order valence-corrected chi connectivity index (χ2v) is 9.26. The summed E-state index contributed by atoms with van der Waals surface area (Å²) in [7, 11) is 0. The Kier molecular flexibility index (Phi) is 5.79. The summed E-state index contributed by atoms with van der Waals surface area (Å²) in [5.41, 5.74) is 1.31. The van der Waals surface area contributed by atoms with Crippen LogP contribution in [0.4, 0.5) is 0 Å². The average molecular weight is 438 g/mol. The molecule has 2 aliphatic heterocycles. The Balaban J connectivity index is 1.48. The van der Waals surface area contributed by atoms with Crippen molar-refractivity contribution in [1.82, 2.24) is 4.90 Å². The van der Waals surface area contributed by atoms with E-state index in [9.17, 15) is 4.79 Å². The van der Waals surface area contributed by atoms with E-state index in [-0.39, 0.29) is 11.8 Å². The summed E-state index contributed by atoms with van der Waals surface area (Å²) < 4.78 is 6.07. The minimum Gasteiger partial charge on any atom is -0.492 e. The molecule has 2 aliphatic rings. The van der Waals surface area contributed by atoms with Crippen LogP contribution in [0.1, 0.15) is 24.8 Å². The van der Waals surface area contributed by atoms with Gasteiger partial charge in [0.05, 0.1) is 23.1 Å². The van der Waals surface area contributed by atoms with Crippen molar-refractivity contribution in [3.8, 4) is 5.75 Å². The molecular weight excluding hydrogens is 417 g/mol. The molecule has 4 nitrogen and oxygen atoms in total. The lowest BCUT2D eigenvalue weighted by molar-refractivity contribution is -0.137. The highest BCUT2D eigenvalue weighted by Gasteiger charge is 2.43. The van der Waals surface area contributed by atoms with Gasteiger partial charge in [-0.05, 0) is 50.2 Å². The van der Waals surface area contributed by atoms with Crippen molar-refractivity contribution in [2.75, 3.05) is 26.2 Å². The lowest BCUT2D eigenvalue weighted by Crippen LogP contribution is -2.44. The minimum absolute atomic E-state index is 0.0420. The summed E-state index contributed by atoms with van der Waals surface area (Å²) in [6.07, 6.45) is 2.18. The molecule has 0 atom stereocenters. The molecule has 0 radical (unpaired) electrons. The van der Waals surface area contributed by atoms with E-state index in [0.29, 0.717) is 23.2 Å². The minimum atomic E-state index is -0.738. The van der Waals surface area contributed by atoms with Gasteiger partial charge < -0.3 is 14.7 Å². The highest BCUT2D eigenvalue weighted by atomic mass is 35.5.